The average Bonchev–Trinajstić information content (AvgIpc) is 3.31. The number of amides is 2. The third-order valence-electron chi connectivity index (χ3n) is 6.13. The molecular formula is C26H21F2N3O2S. The van der Waals surface area contributed by atoms with Gasteiger partial charge in [-0.2, -0.15) is 0 Å². The van der Waals surface area contributed by atoms with Crippen molar-refractivity contribution in [2.24, 2.45) is 5.92 Å². The molecule has 1 aliphatic rings. The SMILES string of the molecule is O=C(Nc1nc(-c2c(F)cccc2F)cs1)C1CCN(C(=O)c2cccc3ccccc23)CC1. The highest BCUT2D eigenvalue weighted by molar-refractivity contribution is 7.14. The van der Waals surface area contributed by atoms with Crippen LogP contribution in [-0.2, 0) is 4.79 Å². The summed E-state index contributed by atoms with van der Waals surface area (Å²) in [6.07, 6.45) is 1.06. The quantitative estimate of drug-likeness (QED) is 0.408. The van der Waals surface area contributed by atoms with Gasteiger partial charge in [-0.05, 0) is 41.8 Å². The van der Waals surface area contributed by atoms with Crippen LogP contribution in [0.3, 0.4) is 0 Å². The Balaban J connectivity index is 1.22. The van der Waals surface area contributed by atoms with Gasteiger partial charge in [0.25, 0.3) is 5.91 Å². The first kappa shape index (κ1) is 22.2. The maximum absolute atomic E-state index is 14.0. The molecule has 1 N–H and O–H groups in total. The second-order valence-corrected chi connectivity index (χ2v) is 9.08. The van der Waals surface area contributed by atoms with Gasteiger partial charge >= 0.3 is 0 Å². The molecule has 1 fully saturated rings. The smallest absolute Gasteiger partial charge is 0.254 e. The van der Waals surface area contributed by atoms with Gasteiger partial charge in [-0.25, -0.2) is 13.8 Å². The van der Waals surface area contributed by atoms with E-state index in [1.165, 1.54) is 23.6 Å². The number of fused-ring (bicyclic) bond motifs is 1. The molecule has 2 amide bonds. The molecule has 4 aromatic rings. The Morgan fingerprint density at radius 3 is 2.38 bits per heavy atom. The van der Waals surface area contributed by atoms with E-state index in [2.05, 4.69) is 10.3 Å². The Morgan fingerprint density at radius 2 is 1.62 bits per heavy atom. The van der Waals surface area contributed by atoms with Crippen LogP contribution < -0.4 is 5.32 Å². The zero-order valence-electron chi connectivity index (χ0n) is 18.1. The van der Waals surface area contributed by atoms with E-state index in [1.54, 1.807) is 4.90 Å². The van der Waals surface area contributed by atoms with E-state index in [4.69, 9.17) is 0 Å². The number of piperidine rings is 1. The zero-order chi connectivity index (χ0) is 23.7. The maximum Gasteiger partial charge on any atom is 0.254 e. The Bertz CT molecular complexity index is 1350. The van der Waals surface area contributed by atoms with Crippen LogP contribution in [0.15, 0.2) is 66.0 Å². The Labute approximate surface area is 199 Å². The number of carbonyl (C=O) groups excluding carboxylic acids is 2. The summed E-state index contributed by atoms with van der Waals surface area (Å²) in [5, 5.41) is 6.50. The van der Waals surface area contributed by atoms with E-state index in [0.29, 0.717) is 31.5 Å². The van der Waals surface area contributed by atoms with Gasteiger partial charge in [-0.15, -0.1) is 11.3 Å². The van der Waals surface area contributed by atoms with E-state index in [9.17, 15) is 18.4 Å². The molecule has 1 aromatic heterocycles. The van der Waals surface area contributed by atoms with Crippen molar-refractivity contribution in [3.63, 3.8) is 0 Å². The Morgan fingerprint density at radius 1 is 0.941 bits per heavy atom. The van der Waals surface area contributed by atoms with Gasteiger partial charge in [0.2, 0.25) is 5.91 Å². The van der Waals surface area contributed by atoms with E-state index in [0.717, 1.165) is 22.1 Å². The number of hydrogen-bond acceptors (Lipinski definition) is 4. The number of nitrogens with one attached hydrogen (secondary N) is 1. The minimum Gasteiger partial charge on any atom is -0.339 e. The molecule has 0 unspecified atom stereocenters. The number of likely N-dealkylation sites (tertiary alicyclic amines) is 1. The van der Waals surface area contributed by atoms with E-state index in [1.807, 2.05) is 42.5 Å². The predicted octanol–water partition coefficient (Wildman–Crippen LogP) is 5.73. The van der Waals surface area contributed by atoms with Gasteiger partial charge in [0, 0.05) is 30.0 Å². The number of benzene rings is 3. The number of hydrogen-bond donors (Lipinski definition) is 1. The summed E-state index contributed by atoms with van der Waals surface area (Å²) in [5.74, 6) is -1.91. The number of thiazole rings is 1. The van der Waals surface area contributed by atoms with Gasteiger partial charge in [0.05, 0.1) is 11.3 Å². The van der Waals surface area contributed by atoms with Gasteiger partial charge < -0.3 is 10.2 Å². The number of anilines is 1. The van der Waals surface area contributed by atoms with Crippen LogP contribution in [0.1, 0.15) is 23.2 Å². The second-order valence-electron chi connectivity index (χ2n) is 8.22. The molecule has 5 nitrogen and oxygen atoms in total. The summed E-state index contributed by atoms with van der Waals surface area (Å²) < 4.78 is 28.0. The lowest BCUT2D eigenvalue weighted by Gasteiger charge is -2.31. The first-order valence-electron chi connectivity index (χ1n) is 11.0. The molecule has 1 saturated heterocycles. The average molecular weight is 478 g/mol. The highest BCUT2D eigenvalue weighted by Gasteiger charge is 2.29. The van der Waals surface area contributed by atoms with Crippen LogP contribution in [0.5, 0.6) is 0 Å². The molecule has 3 aromatic carbocycles. The van der Waals surface area contributed by atoms with E-state index >= 15 is 0 Å². The fourth-order valence-corrected chi connectivity index (χ4v) is 5.03. The molecule has 172 valence electrons. The lowest BCUT2D eigenvalue weighted by molar-refractivity contribution is -0.121. The van der Waals surface area contributed by atoms with Crippen LogP contribution >= 0.6 is 11.3 Å². The molecule has 8 heteroatoms. The van der Waals surface area contributed by atoms with Gasteiger partial charge in [0.15, 0.2) is 5.13 Å². The molecule has 34 heavy (non-hydrogen) atoms. The lowest BCUT2D eigenvalue weighted by atomic mass is 9.95. The van der Waals surface area contributed by atoms with Crippen molar-refractivity contribution in [2.75, 3.05) is 18.4 Å². The van der Waals surface area contributed by atoms with Crippen molar-refractivity contribution < 1.29 is 18.4 Å². The molecule has 0 aliphatic carbocycles. The molecule has 0 atom stereocenters. The molecule has 0 saturated carbocycles. The number of nitrogens with zero attached hydrogens (tertiary/aromatic N) is 2. The molecule has 2 heterocycles. The van der Waals surface area contributed by atoms with E-state index < -0.39 is 11.6 Å². The number of carbonyl (C=O) groups is 2. The van der Waals surface area contributed by atoms with Crippen molar-refractivity contribution in [3.8, 4) is 11.3 Å². The number of aromatic nitrogens is 1. The highest BCUT2D eigenvalue weighted by Crippen LogP contribution is 2.30. The second kappa shape index (κ2) is 9.30. The monoisotopic (exact) mass is 477 g/mol. The molecule has 0 bridgehead atoms. The molecule has 1 aliphatic heterocycles. The maximum atomic E-state index is 14.0. The van der Waals surface area contributed by atoms with Crippen LogP contribution in [0.4, 0.5) is 13.9 Å². The van der Waals surface area contributed by atoms with Gasteiger partial charge in [-0.1, -0.05) is 42.5 Å². The highest BCUT2D eigenvalue weighted by atomic mass is 32.1. The van der Waals surface area contributed by atoms with Crippen LogP contribution in [0, 0.1) is 17.6 Å². The number of rotatable bonds is 4. The normalized spacial score (nSPS) is 14.4. The lowest BCUT2D eigenvalue weighted by Crippen LogP contribution is -2.41. The van der Waals surface area contributed by atoms with Crippen LogP contribution in [-0.4, -0.2) is 34.8 Å². The summed E-state index contributed by atoms with van der Waals surface area (Å²) in [7, 11) is 0. The van der Waals surface area contributed by atoms with Gasteiger partial charge in [0.1, 0.15) is 11.6 Å². The topological polar surface area (TPSA) is 62.3 Å². The van der Waals surface area contributed by atoms with Gasteiger partial charge in [-0.3, -0.25) is 9.59 Å². The first-order chi connectivity index (χ1) is 16.5. The van der Waals surface area contributed by atoms with Crippen molar-refractivity contribution in [1.82, 2.24) is 9.88 Å². The fraction of sp³-hybridized carbons (Fsp3) is 0.192. The third-order valence-corrected chi connectivity index (χ3v) is 6.88. The minimum absolute atomic E-state index is 0.0351. The predicted molar refractivity (Wildman–Crippen MR) is 129 cm³/mol. The number of halogens is 2. The molecular weight excluding hydrogens is 456 g/mol. The van der Waals surface area contributed by atoms with Crippen LogP contribution in [0.2, 0.25) is 0 Å². The summed E-state index contributed by atoms with van der Waals surface area (Å²) in [6.45, 7) is 0.952. The standard InChI is InChI=1S/C26H21F2N3O2S/c27-20-9-4-10-21(28)23(20)22-15-34-26(29-22)30-24(32)17-11-13-31(14-12-17)25(33)19-8-3-6-16-5-1-2-7-18(16)19/h1-10,15,17H,11-14H2,(H,29,30,32). The van der Waals surface area contributed by atoms with Crippen molar-refractivity contribution >= 4 is 39.1 Å². The van der Waals surface area contributed by atoms with Crippen molar-refractivity contribution in [2.45, 2.75) is 12.8 Å². The largest absolute Gasteiger partial charge is 0.339 e. The van der Waals surface area contributed by atoms with Crippen LogP contribution in [0.25, 0.3) is 22.0 Å². The molecule has 5 rings (SSSR count). The van der Waals surface area contributed by atoms with Crippen molar-refractivity contribution in [3.05, 3.63) is 83.2 Å². The Kier molecular flexibility index (Phi) is 6.06. The summed E-state index contributed by atoms with van der Waals surface area (Å²) in [4.78, 5) is 31.9. The summed E-state index contributed by atoms with van der Waals surface area (Å²) in [5.41, 5.74) is 0.600. The molecule has 0 radical (unpaired) electrons. The first-order valence-corrected chi connectivity index (χ1v) is 11.9. The third kappa shape index (κ3) is 4.28. The summed E-state index contributed by atoms with van der Waals surface area (Å²) in [6, 6.07) is 17.1. The summed E-state index contributed by atoms with van der Waals surface area (Å²) >= 11 is 1.12. The minimum atomic E-state index is -0.702. The zero-order valence-corrected chi connectivity index (χ0v) is 18.9. The van der Waals surface area contributed by atoms with E-state index in [-0.39, 0.29) is 34.1 Å². The Hall–Kier alpha value is -3.65. The van der Waals surface area contributed by atoms with Crippen molar-refractivity contribution in [1.29, 1.82) is 0 Å². The fourth-order valence-electron chi connectivity index (χ4n) is 4.32. The molecule has 0 spiro atoms.